The summed E-state index contributed by atoms with van der Waals surface area (Å²) in [6.45, 7) is 3.63. The minimum Gasteiger partial charge on any atom is -0.434 e. The molecular weight excluding hydrogens is 490 g/mol. The Morgan fingerprint density at radius 3 is 2.39 bits per heavy atom. The normalized spacial score (nSPS) is 29.3. The molecule has 10 nitrogen and oxygen atoms in total. The van der Waals surface area contributed by atoms with Crippen molar-refractivity contribution in [2.75, 3.05) is 0 Å². The number of carbonyl (C=O) groups is 4. The molecule has 0 spiro atoms. The maximum absolute atomic E-state index is 14.0. The van der Waals surface area contributed by atoms with Crippen molar-refractivity contribution >= 4 is 34.5 Å². The van der Waals surface area contributed by atoms with E-state index in [-0.39, 0.29) is 18.4 Å². The smallest absolute Gasteiger partial charge is 0.310 e. The van der Waals surface area contributed by atoms with E-state index in [0.29, 0.717) is 31.2 Å². The minimum absolute atomic E-state index is 0.203. The van der Waals surface area contributed by atoms with Crippen molar-refractivity contribution in [1.82, 2.24) is 15.5 Å². The fraction of sp³-hybridized carbons (Fsp3) is 0.500. The largest absolute Gasteiger partial charge is 0.434 e. The Balaban J connectivity index is 1.39. The van der Waals surface area contributed by atoms with Crippen LogP contribution in [0.4, 0.5) is 0 Å². The van der Waals surface area contributed by atoms with Gasteiger partial charge in [0.25, 0.3) is 5.91 Å². The third-order valence-electron chi connectivity index (χ3n) is 8.05. The van der Waals surface area contributed by atoms with E-state index >= 15 is 0 Å². The number of piperidine rings is 2. The van der Waals surface area contributed by atoms with Crippen LogP contribution in [0.25, 0.3) is 10.8 Å². The number of nitrogens with zero attached hydrogens (tertiary/aromatic N) is 1. The van der Waals surface area contributed by atoms with E-state index in [1.165, 1.54) is 4.90 Å². The van der Waals surface area contributed by atoms with Crippen LogP contribution in [0.3, 0.4) is 0 Å². The molecule has 3 amide bonds. The lowest BCUT2D eigenvalue weighted by atomic mass is 9.70. The van der Waals surface area contributed by atoms with Gasteiger partial charge in [0, 0.05) is 11.6 Å². The Morgan fingerprint density at radius 2 is 1.76 bits per heavy atom. The lowest BCUT2D eigenvalue weighted by Gasteiger charge is -2.55. The number of hydrogen-bond donors (Lipinski definition) is 4. The van der Waals surface area contributed by atoms with Gasteiger partial charge in [-0.05, 0) is 54.5 Å². The molecule has 2 aromatic carbocycles. The number of ether oxygens (including phenoxy) is 1. The van der Waals surface area contributed by atoms with E-state index in [2.05, 4.69) is 10.6 Å². The lowest BCUT2D eigenvalue weighted by Crippen LogP contribution is -2.73. The average molecular weight is 524 g/mol. The van der Waals surface area contributed by atoms with Gasteiger partial charge in [-0.2, -0.15) is 0 Å². The first kappa shape index (κ1) is 26.1. The Hall–Kier alpha value is -3.50. The second-order valence-corrected chi connectivity index (χ2v) is 10.9. The predicted molar refractivity (Wildman–Crippen MR) is 137 cm³/mol. The van der Waals surface area contributed by atoms with Crippen LogP contribution in [0.15, 0.2) is 42.5 Å². The second kappa shape index (κ2) is 9.99. The monoisotopic (exact) mass is 523 g/mol. The summed E-state index contributed by atoms with van der Waals surface area (Å²) in [4.78, 5) is 53.7. The predicted octanol–water partition coefficient (Wildman–Crippen LogP) is 1.23. The van der Waals surface area contributed by atoms with Gasteiger partial charge in [-0.15, -0.1) is 0 Å². The Morgan fingerprint density at radius 1 is 1.08 bits per heavy atom. The number of cyclic esters (lactones) is 1. The molecule has 1 saturated carbocycles. The fourth-order valence-corrected chi connectivity index (χ4v) is 5.96. The summed E-state index contributed by atoms with van der Waals surface area (Å²) >= 11 is 0. The zero-order valence-corrected chi connectivity index (χ0v) is 21.4. The summed E-state index contributed by atoms with van der Waals surface area (Å²) in [6, 6.07) is 9.58. The number of aliphatic hydroxyl groups is 2. The highest BCUT2D eigenvalue weighted by molar-refractivity contribution is 6.01. The number of amides is 3. The molecule has 2 aromatic rings. The maximum Gasteiger partial charge on any atom is 0.310 e. The lowest BCUT2D eigenvalue weighted by molar-refractivity contribution is -0.181. The SMILES string of the molecule is CC(C)[C@H](NC(=O)c1ccc2ccccc2c1)C(=O)N1C2CCC(O)(CC2)[C@H]1C(=O)N[C@H]1CC(=O)OC1O. The van der Waals surface area contributed by atoms with Gasteiger partial charge in [0.1, 0.15) is 18.1 Å². The summed E-state index contributed by atoms with van der Waals surface area (Å²) in [6.07, 6.45) is 0.0595. The van der Waals surface area contributed by atoms with E-state index in [4.69, 9.17) is 4.74 Å². The second-order valence-electron chi connectivity index (χ2n) is 10.9. The van der Waals surface area contributed by atoms with Crippen molar-refractivity contribution in [2.45, 2.75) is 82.0 Å². The highest BCUT2D eigenvalue weighted by Gasteiger charge is 2.57. The standard InChI is InChI=1S/C28H33N3O7/c1-15(2)22(30-24(33)18-8-7-16-5-3-4-6-17(16)13-18)26(35)31-19-9-11-28(37,12-10-19)23(31)25(34)29-20-14-21(32)38-27(20)36/h3-8,13,15,19-20,22-23,27,36-37H,9-12,14H2,1-2H3,(H,29,34)(H,30,33)/t19?,20-,22-,23+,27?,28?/m0/s1. The number of rotatable bonds is 6. The van der Waals surface area contributed by atoms with Crippen molar-refractivity contribution in [2.24, 2.45) is 5.92 Å². The first-order chi connectivity index (χ1) is 18.1. The molecule has 6 rings (SSSR count). The zero-order valence-electron chi connectivity index (χ0n) is 21.4. The molecular formula is C28H33N3O7. The van der Waals surface area contributed by atoms with Crippen molar-refractivity contribution in [3.63, 3.8) is 0 Å². The molecule has 2 bridgehead atoms. The zero-order chi connectivity index (χ0) is 27.2. The van der Waals surface area contributed by atoms with Gasteiger partial charge in [-0.25, -0.2) is 0 Å². The van der Waals surface area contributed by atoms with Gasteiger partial charge in [0.15, 0.2) is 0 Å². The third-order valence-corrected chi connectivity index (χ3v) is 8.05. The van der Waals surface area contributed by atoms with E-state index in [1.54, 1.807) is 12.1 Å². The first-order valence-corrected chi connectivity index (χ1v) is 13.1. The van der Waals surface area contributed by atoms with Gasteiger partial charge >= 0.3 is 5.97 Å². The van der Waals surface area contributed by atoms with Gasteiger partial charge in [-0.1, -0.05) is 44.2 Å². The van der Waals surface area contributed by atoms with E-state index in [0.717, 1.165) is 10.8 Å². The van der Waals surface area contributed by atoms with Crippen molar-refractivity contribution in [1.29, 1.82) is 0 Å². The van der Waals surface area contributed by atoms with Gasteiger partial charge in [-0.3, -0.25) is 19.2 Å². The van der Waals surface area contributed by atoms with Crippen LogP contribution in [-0.2, 0) is 19.1 Å². The summed E-state index contributed by atoms with van der Waals surface area (Å²) in [5.41, 5.74) is -1.04. The average Bonchev–Trinajstić information content (AvgIpc) is 3.21. The number of esters is 1. The fourth-order valence-electron chi connectivity index (χ4n) is 5.96. The van der Waals surface area contributed by atoms with Gasteiger partial charge < -0.3 is 30.5 Å². The highest BCUT2D eigenvalue weighted by Crippen LogP contribution is 2.43. The molecule has 10 heteroatoms. The summed E-state index contributed by atoms with van der Waals surface area (Å²) < 4.78 is 4.72. The van der Waals surface area contributed by atoms with Crippen LogP contribution in [0, 0.1) is 5.92 Å². The summed E-state index contributed by atoms with van der Waals surface area (Å²) in [5.74, 6) is -2.45. The number of carbonyl (C=O) groups excluding carboxylic acids is 4. The highest BCUT2D eigenvalue weighted by atomic mass is 16.6. The molecule has 3 aliphatic heterocycles. The molecule has 1 aliphatic carbocycles. The Kier molecular flexibility index (Phi) is 6.87. The molecule has 4 fully saturated rings. The summed E-state index contributed by atoms with van der Waals surface area (Å²) in [7, 11) is 0. The third kappa shape index (κ3) is 4.74. The molecule has 0 radical (unpaired) electrons. The van der Waals surface area contributed by atoms with Crippen LogP contribution < -0.4 is 10.6 Å². The van der Waals surface area contributed by atoms with E-state index in [1.807, 2.05) is 44.2 Å². The molecule has 38 heavy (non-hydrogen) atoms. The van der Waals surface area contributed by atoms with Crippen LogP contribution >= 0.6 is 0 Å². The Labute approximate surface area is 220 Å². The molecule has 3 saturated heterocycles. The van der Waals surface area contributed by atoms with E-state index in [9.17, 15) is 29.4 Å². The first-order valence-electron chi connectivity index (χ1n) is 13.1. The Bertz CT molecular complexity index is 1270. The molecule has 202 valence electrons. The number of benzene rings is 2. The van der Waals surface area contributed by atoms with Crippen molar-refractivity contribution in [3.05, 3.63) is 48.0 Å². The number of nitrogens with one attached hydrogen (secondary N) is 2. The van der Waals surface area contributed by atoms with Crippen molar-refractivity contribution in [3.8, 4) is 0 Å². The van der Waals surface area contributed by atoms with Crippen molar-refractivity contribution < 1.29 is 34.1 Å². The molecule has 4 N–H and O–H groups in total. The maximum atomic E-state index is 14.0. The van der Waals surface area contributed by atoms with Crippen LogP contribution in [0.5, 0.6) is 0 Å². The van der Waals surface area contributed by atoms with Crippen LogP contribution in [0.1, 0.15) is 56.3 Å². The molecule has 4 aliphatic rings. The van der Waals surface area contributed by atoms with E-state index < -0.39 is 53.7 Å². The molecule has 0 aromatic heterocycles. The van der Waals surface area contributed by atoms with Crippen LogP contribution in [-0.4, -0.2) is 74.9 Å². The number of fused-ring (bicyclic) bond motifs is 4. The van der Waals surface area contributed by atoms with Gasteiger partial charge in [0.05, 0.1) is 12.0 Å². The minimum atomic E-state index is -1.49. The quantitative estimate of drug-likeness (QED) is 0.417. The number of aliphatic hydroxyl groups excluding tert-OH is 1. The van der Waals surface area contributed by atoms with Gasteiger partial charge in [0.2, 0.25) is 18.1 Å². The molecule has 3 heterocycles. The summed E-state index contributed by atoms with van der Waals surface area (Å²) in [5, 5.41) is 28.8. The van der Waals surface area contributed by atoms with Crippen LogP contribution in [0.2, 0.25) is 0 Å². The topological polar surface area (TPSA) is 145 Å². The molecule has 4 atom stereocenters. The molecule has 1 unspecified atom stereocenters. The number of hydrogen-bond acceptors (Lipinski definition) is 7.